The Morgan fingerprint density at radius 2 is 1.16 bits per heavy atom. The highest BCUT2D eigenvalue weighted by molar-refractivity contribution is 5.99. The first-order chi connectivity index (χ1) is 15.9. The van der Waals surface area contributed by atoms with Crippen LogP contribution in [0.4, 0.5) is 0 Å². The largest absolute Gasteiger partial charge is 0.489 e. The van der Waals surface area contributed by atoms with Crippen LogP contribution in [0.2, 0.25) is 0 Å². The maximum atomic E-state index is 6.60. The van der Waals surface area contributed by atoms with Gasteiger partial charge in [0.05, 0.1) is 0 Å². The minimum absolute atomic E-state index is 0.234. The van der Waals surface area contributed by atoms with Gasteiger partial charge in [-0.05, 0) is 40.3 Å². The lowest BCUT2D eigenvalue weighted by atomic mass is 9.98. The molecule has 2 heteroatoms. The van der Waals surface area contributed by atoms with Gasteiger partial charge in [0.1, 0.15) is 18.1 Å². The monoisotopic (exact) mass is 416 g/mol. The highest BCUT2D eigenvalue weighted by Crippen LogP contribution is 2.35. The van der Waals surface area contributed by atoms with Crippen LogP contribution in [-0.4, -0.2) is 6.61 Å². The summed E-state index contributed by atoms with van der Waals surface area (Å²) in [6.07, 6.45) is -0.234. The van der Waals surface area contributed by atoms with Gasteiger partial charge in [-0.1, -0.05) is 109 Å². The van der Waals surface area contributed by atoms with E-state index in [1.165, 1.54) is 16.5 Å². The average Bonchev–Trinajstić information content (AvgIpc) is 2.88. The van der Waals surface area contributed by atoms with E-state index in [0.29, 0.717) is 6.61 Å². The van der Waals surface area contributed by atoms with E-state index in [2.05, 4.69) is 66.7 Å². The molecule has 0 radical (unpaired) electrons. The molecule has 5 aromatic rings. The van der Waals surface area contributed by atoms with Crippen LogP contribution < -0.4 is 9.47 Å². The van der Waals surface area contributed by atoms with Gasteiger partial charge in [0.25, 0.3) is 0 Å². The zero-order valence-electron chi connectivity index (χ0n) is 17.7. The second-order valence-corrected chi connectivity index (χ2v) is 7.66. The van der Waals surface area contributed by atoms with Gasteiger partial charge in [0.2, 0.25) is 0 Å². The predicted octanol–water partition coefficient (Wildman–Crippen LogP) is 7.71. The van der Waals surface area contributed by atoms with Crippen molar-refractivity contribution < 1.29 is 9.47 Å². The third kappa shape index (κ3) is 4.35. The first kappa shape index (κ1) is 19.9. The Balaban J connectivity index is 1.50. The van der Waals surface area contributed by atoms with Crippen molar-refractivity contribution in [1.29, 1.82) is 0 Å². The maximum absolute atomic E-state index is 6.60. The van der Waals surface area contributed by atoms with Crippen molar-refractivity contribution in [3.05, 3.63) is 133 Å². The highest BCUT2D eigenvalue weighted by Gasteiger charge is 2.17. The van der Waals surface area contributed by atoms with E-state index < -0.39 is 0 Å². The van der Waals surface area contributed by atoms with Crippen molar-refractivity contribution in [3.63, 3.8) is 0 Å². The number of fused-ring (bicyclic) bond motifs is 1. The molecule has 156 valence electrons. The van der Waals surface area contributed by atoms with Crippen LogP contribution in [0.25, 0.3) is 21.9 Å². The number of hydrogen-bond donors (Lipinski definition) is 0. The van der Waals surface area contributed by atoms with Crippen molar-refractivity contribution in [2.75, 3.05) is 6.61 Å². The molecule has 2 nitrogen and oxygen atoms in total. The second-order valence-electron chi connectivity index (χ2n) is 7.66. The van der Waals surface area contributed by atoms with E-state index in [-0.39, 0.29) is 6.10 Å². The van der Waals surface area contributed by atoms with Gasteiger partial charge in [-0.15, -0.1) is 0 Å². The standard InChI is InChI=1S/C30H24O2/c1-4-12-23(13-5-1)26-18-10-20-28-27(26)19-11-21-29(28)32-30(24-14-6-2-7-15-24)22-31-25-16-8-3-9-17-25/h1-21,30H,22H2. The fourth-order valence-corrected chi connectivity index (χ4v) is 3.96. The third-order valence-corrected chi connectivity index (χ3v) is 5.55. The van der Waals surface area contributed by atoms with Crippen molar-refractivity contribution in [2.45, 2.75) is 6.10 Å². The zero-order valence-corrected chi connectivity index (χ0v) is 17.7. The summed E-state index contributed by atoms with van der Waals surface area (Å²) in [5, 5.41) is 2.27. The summed E-state index contributed by atoms with van der Waals surface area (Å²) in [5.41, 5.74) is 3.48. The summed E-state index contributed by atoms with van der Waals surface area (Å²) in [4.78, 5) is 0. The van der Waals surface area contributed by atoms with Crippen molar-refractivity contribution in [2.24, 2.45) is 0 Å². The van der Waals surface area contributed by atoms with E-state index in [4.69, 9.17) is 9.47 Å². The van der Waals surface area contributed by atoms with Gasteiger partial charge >= 0.3 is 0 Å². The maximum Gasteiger partial charge on any atom is 0.158 e. The highest BCUT2D eigenvalue weighted by atomic mass is 16.5. The molecule has 0 spiro atoms. The van der Waals surface area contributed by atoms with Gasteiger partial charge in [-0.3, -0.25) is 0 Å². The molecule has 0 aliphatic heterocycles. The molecule has 0 saturated carbocycles. The molecule has 0 aliphatic rings. The third-order valence-electron chi connectivity index (χ3n) is 5.55. The fourth-order valence-electron chi connectivity index (χ4n) is 3.96. The number of rotatable bonds is 7. The quantitative estimate of drug-likeness (QED) is 0.270. The first-order valence-corrected chi connectivity index (χ1v) is 10.8. The Morgan fingerprint density at radius 1 is 0.531 bits per heavy atom. The smallest absolute Gasteiger partial charge is 0.158 e. The van der Waals surface area contributed by atoms with Gasteiger partial charge in [-0.25, -0.2) is 0 Å². The molecular weight excluding hydrogens is 392 g/mol. The van der Waals surface area contributed by atoms with Crippen LogP contribution in [-0.2, 0) is 0 Å². The number of hydrogen-bond acceptors (Lipinski definition) is 2. The molecule has 0 aliphatic carbocycles. The van der Waals surface area contributed by atoms with Gasteiger partial charge < -0.3 is 9.47 Å². The Hall–Kier alpha value is -4.04. The molecule has 0 saturated heterocycles. The summed E-state index contributed by atoms with van der Waals surface area (Å²) >= 11 is 0. The fraction of sp³-hybridized carbons (Fsp3) is 0.0667. The Morgan fingerprint density at radius 3 is 1.91 bits per heavy atom. The minimum atomic E-state index is -0.234. The van der Waals surface area contributed by atoms with Crippen LogP contribution >= 0.6 is 0 Å². The van der Waals surface area contributed by atoms with Crippen LogP contribution in [0.5, 0.6) is 11.5 Å². The molecule has 0 bridgehead atoms. The van der Waals surface area contributed by atoms with Crippen molar-refractivity contribution >= 4 is 10.8 Å². The van der Waals surface area contributed by atoms with E-state index in [9.17, 15) is 0 Å². The van der Waals surface area contributed by atoms with Crippen LogP contribution in [0.15, 0.2) is 127 Å². The minimum Gasteiger partial charge on any atom is -0.489 e. The summed E-state index contributed by atoms with van der Waals surface area (Å²) in [6, 6.07) is 43.2. The lowest BCUT2D eigenvalue weighted by molar-refractivity contribution is 0.131. The molecule has 32 heavy (non-hydrogen) atoms. The van der Waals surface area contributed by atoms with E-state index >= 15 is 0 Å². The predicted molar refractivity (Wildman–Crippen MR) is 131 cm³/mol. The molecule has 0 N–H and O–H groups in total. The molecule has 5 aromatic carbocycles. The molecular formula is C30H24O2. The summed E-state index contributed by atoms with van der Waals surface area (Å²) in [6.45, 7) is 0.419. The molecule has 1 unspecified atom stereocenters. The van der Waals surface area contributed by atoms with E-state index in [1.807, 2.05) is 60.7 Å². The van der Waals surface area contributed by atoms with Gasteiger partial charge in [-0.2, -0.15) is 0 Å². The second kappa shape index (κ2) is 9.40. The SMILES string of the molecule is c1ccc(OCC(Oc2cccc3c(-c4ccccc4)cccc23)c2ccccc2)cc1. The molecule has 0 amide bonds. The zero-order chi connectivity index (χ0) is 21.6. The van der Waals surface area contributed by atoms with Crippen LogP contribution in [0.1, 0.15) is 11.7 Å². The molecule has 0 aromatic heterocycles. The first-order valence-electron chi connectivity index (χ1n) is 10.8. The van der Waals surface area contributed by atoms with Gasteiger partial charge in [0.15, 0.2) is 6.10 Å². The summed E-state index contributed by atoms with van der Waals surface area (Å²) < 4.78 is 12.7. The molecule has 0 heterocycles. The Bertz CT molecular complexity index is 1280. The Labute approximate surface area is 188 Å². The summed E-state index contributed by atoms with van der Waals surface area (Å²) in [5.74, 6) is 1.69. The molecule has 5 rings (SSSR count). The number of benzene rings is 5. The van der Waals surface area contributed by atoms with E-state index in [0.717, 1.165) is 22.4 Å². The van der Waals surface area contributed by atoms with Crippen LogP contribution in [0.3, 0.4) is 0 Å². The normalized spacial score (nSPS) is 11.8. The number of ether oxygens (including phenoxy) is 2. The lowest BCUT2D eigenvalue weighted by Gasteiger charge is -2.21. The van der Waals surface area contributed by atoms with E-state index in [1.54, 1.807) is 0 Å². The average molecular weight is 417 g/mol. The van der Waals surface area contributed by atoms with Gasteiger partial charge in [0, 0.05) is 5.39 Å². The van der Waals surface area contributed by atoms with Crippen molar-refractivity contribution in [1.82, 2.24) is 0 Å². The van der Waals surface area contributed by atoms with Crippen LogP contribution in [0, 0.1) is 0 Å². The molecule has 1 atom stereocenters. The number of para-hydroxylation sites is 1. The van der Waals surface area contributed by atoms with Crippen molar-refractivity contribution in [3.8, 4) is 22.6 Å². The Kier molecular flexibility index (Phi) is 5.85. The molecule has 0 fully saturated rings. The topological polar surface area (TPSA) is 18.5 Å². The summed E-state index contributed by atoms with van der Waals surface area (Å²) in [7, 11) is 0. The lowest BCUT2D eigenvalue weighted by Crippen LogP contribution is -2.17.